The molecule has 0 fully saturated rings. The summed E-state index contributed by atoms with van der Waals surface area (Å²) in [5, 5.41) is 6.86. The van der Waals surface area contributed by atoms with Crippen molar-refractivity contribution in [2.24, 2.45) is 0 Å². The number of hydrogen-bond acceptors (Lipinski definition) is 6. The lowest BCUT2D eigenvalue weighted by Crippen LogP contribution is -2.26. The predicted molar refractivity (Wildman–Crippen MR) is 90.2 cm³/mol. The topological polar surface area (TPSA) is 95.1 Å². The molecule has 8 nitrogen and oxygen atoms in total. The van der Waals surface area contributed by atoms with Crippen LogP contribution in [0.15, 0.2) is 41.7 Å². The highest BCUT2D eigenvalue weighted by atomic mass is 16.5. The van der Waals surface area contributed by atoms with E-state index in [9.17, 15) is 4.79 Å². The van der Waals surface area contributed by atoms with Gasteiger partial charge in [-0.2, -0.15) is 5.10 Å². The van der Waals surface area contributed by atoms with E-state index in [2.05, 4.69) is 20.4 Å². The molecule has 0 saturated carbocycles. The van der Waals surface area contributed by atoms with Crippen LogP contribution >= 0.6 is 0 Å². The second kappa shape index (κ2) is 7.61. The fourth-order valence-electron chi connectivity index (χ4n) is 2.51. The summed E-state index contributed by atoms with van der Waals surface area (Å²) in [4.78, 5) is 20.3. The molecule has 2 aromatic heterocycles. The van der Waals surface area contributed by atoms with Crippen molar-refractivity contribution in [3.8, 4) is 17.1 Å². The third-order valence-corrected chi connectivity index (χ3v) is 3.76. The van der Waals surface area contributed by atoms with Crippen molar-refractivity contribution in [1.29, 1.82) is 0 Å². The first-order valence-corrected chi connectivity index (χ1v) is 7.88. The van der Waals surface area contributed by atoms with E-state index in [-0.39, 0.29) is 11.6 Å². The van der Waals surface area contributed by atoms with Crippen LogP contribution in [0.25, 0.3) is 11.3 Å². The molecule has 130 valence electrons. The number of aromatic nitrogens is 4. The van der Waals surface area contributed by atoms with Gasteiger partial charge in [0.25, 0.3) is 5.91 Å². The van der Waals surface area contributed by atoms with Gasteiger partial charge < -0.3 is 14.5 Å². The summed E-state index contributed by atoms with van der Waals surface area (Å²) in [7, 11) is 1.62. The van der Waals surface area contributed by atoms with Crippen LogP contribution in [0.2, 0.25) is 0 Å². The van der Waals surface area contributed by atoms with Crippen LogP contribution in [0.5, 0.6) is 5.75 Å². The van der Waals surface area contributed by atoms with Gasteiger partial charge in [0.15, 0.2) is 17.8 Å². The zero-order valence-corrected chi connectivity index (χ0v) is 14.1. The van der Waals surface area contributed by atoms with E-state index in [1.54, 1.807) is 18.1 Å². The van der Waals surface area contributed by atoms with Crippen LogP contribution in [0.4, 0.5) is 0 Å². The Kier molecular flexibility index (Phi) is 5.08. The van der Waals surface area contributed by atoms with E-state index in [0.29, 0.717) is 18.8 Å². The average Bonchev–Trinajstić information content (AvgIpc) is 3.30. The second-order valence-electron chi connectivity index (χ2n) is 5.48. The minimum absolute atomic E-state index is 0.268. The maximum absolute atomic E-state index is 12.4. The van der Waals surface area contributed by atoms with E-state index >= 15 is 0 Å². The van der Waals surface area contributed by atoms with Crippen LogP contribution in [0.1, 0.15) is 22.5 Å². The van der Waals surface area contributed by atoms with Gasteiger partial charge in [-0.15, -0.1) is 0 Å². The number of amides is 1. The summed E-state index contributed by atoms with van der Waals surface area (Å²) < 4.78 is 12.4. The van der Waals surface area contributed by atoms with Gasteiger partial charge in [0.2, 0.25) is 0 Å². The molecule has 0 spiro atoms. The third kappa shape index (κ3) is 3.85. The number of rotatable bonds is 7. The monoisotopic (exact) mass is 341 g/mol. The normalized spacial score (nSPS) is 10.6. The molecule has 0 radical (unpaired) electrons. The van der Waals surface area contributed by atoms with E-state index in [0.717, 1.165) is 23.3 Å². The maximum Gasteiger partial charge on any atom is 0.273 e. The molecule has 0 atom stereocenters. The standard InChI is InChI=1S/C17H19N5O3/c1-12-8-13(4-5-14(12)24-2)16-15(20-11-25-16)17(23)19-6-3-7-22-10-18-9-21-22/h4-5,8-11H,3,6-7H2,1-2H3,(H,19,23). The first-order chi connectivity index (χ1) is 12.2. The van der Waals surface area contributed by atoms with Gasteiger partial charge in [-0.3, -0.25) is 9.48 Å². The molecule has 25 heavy (non-hydrogen) atoms. The smallest absolute Gasteiger partial charge is 0.273 e. The highest BCUT2D eigenvalue weighted by Crippen LogP contribution is 2.28. The third-order valence-electron chi connectivity index (χ3n) is 3.76. The number of methoxy groups -OCH3 is 1. The summed E-state index contributed by atoms with van der Waals surface area (Å²) in [6.07, 6.45) is 5.14. The Bertz CT molecular complexity index is 842. The van der Waals surface area contributed by atoms with Crippen molar-refractivity contribution in [2.45, 2.75) is 19.9 Å². The first-order valence-electron chi connectivity index (χ1n) is 7.88. The van der Waals surface area contributed by atoms with E-state index in [4.69, 9.17) is 9.15 Å². The number of nitrogens with one attached hydrogen (secondary N) is 1. The van der Waals surface area contributed by atoms with Gasteiger partial charge in [0, 0.05) is 18.7 Å². The lowest BCUT2D eigenvalue weighted by molar-refractivity contribution is 0.0948. The van der Waals surface area contributed by atoms with E-state index < -0.39 is 0 Å². The van der Waals surface area contributed by atoms with Crippen molar-refractivity contribution in [3.63, 3.8) is 0 Å². The summed E-state index contributed by atoms with van der Waals surface area (Å²) in [6.45, 7) is 3.12. The molecular formula is C17H19N5O3. The van der Waals surface area contributed by atoms with Crippen molar-refractivity contribution in [3.05, 3.63) is 48.5 Å². The van der Waals surface area contributed by atoms with Crippen LogP contribution in [-0.4, -0.2) is 39.3 Å². The summed E-state index contributed by atoms with van der Waals surface area (Å²) in [5.74, 6) is 0.956. The molecule has 3 rings (SSSR count). The van der Waals surface area contributed by atoms with Crippen LogP contribution in [0.3, 0.4) is 0 Å². The van der Waals surface area contributed by atoms with Crippen molar-refractivity contribution in [1.82, 2.24) is 25.1 Å². The lowest BCUT2D eigenvalue weighted by atomic mass is 10.1. The quantitative estimate of drug-likeness (QED) is 0.661. The molecule has 0 aliphatic rings. The highest BCUT2D eigenvalue weighted by molar-refractivity contribution is 5.97. The Morgan fingerprint density at radius 1 is 1.40 bits per heavy atom. The number of ether oxygens (including phenoxy) is 1. The Balaban J connectivity index is 1.64. The zero-order chi connectivity index (χ0) is 17.6. The van der Waals surface area contributed by atoms with Crippen LogP contribution < -0.4 is 10.1 Å². The molecule has 1 amide bonds. The molecule has 3 aromatic rings. The summed E-state index contributed by atoms with van der Waals surface area (Å²) in [6, 6.07) is 5.58. The Morgan fingerprint density at radius 3 is 3.00 bits per heavy atom. The van der Waals surface area contributed by atoms with E-state index in [1.165, 1.54) is 12.7 Å². The number of carbonyl (C=O) groups is 1. The van der Waals surface area contributed by atoms with Crippen molar-refractivity contribution < 1.29 is 13.9 Å². The van der Waals surface area contributed by atoms with Gasteiger partial charge in [0.1, 0.15) is 18.4 Å². The number of nitrogens with zero attached hydrogens (tertiary/aromatic N) is 4. The molecule has 0 saturated heterocycles. The SMILES string of the molecule is COc1ccc(-c2ocnc2C(=O)NCCCn2cncn2)cc1C. The summed E-state index contributed by atoms with van der Waals surface area (Å²) in [5.41, 5.74) is 2.00. The first kappa shape index (κ1) is 16.7. The molecule has 1 N–H and O–H groups in total. The van der Waals surface area contributed by atoms with Gasteiger partial charge in [0.05, 0.1) is 7.11 Å². The Hall–Kier alpha value is -3.16. The number of carbonyl (C=O) groups excluding carboxylic acids is 1. The molecule has 8 heteroatoms. The number of benzene rings is 1. The molecule has 2 heterocycles. The number of hydrogen-bond donors (Lipinski definition) is 1. The van der Waals surface area contributed by atoms with Gasteiger partial charge in [-0.1, -0.05) is 0 Å². The lowest BCUT2D eigenvalue weighted by Gasteiger charge is -2.07. The predicted octanol–water partition coefficient (Wildman–Crippen LogP) is 2.07. The van der Waals surface area contributed by atoms with Gasteiger partial charge in [-0.25, -0.2) is 9.97 Å². The van der Waals surface area contributed by atoms with Crippen molar-refractivity contribution >= 4 is 5.91 Å². The van der Waals surface area contributed by atoms with Crippen LogP contribution in [0, 0.1) is 6.92 Å². The fraction of sp³-hybridized carbons (Fsp3) is 0.294. The highest BCUT2D eigenvalue weighted by Gasteiger charge is 2.18. The van der Waals surface area contributed by atoms with Gasteiger partial charge >= 0.3 is 0 Å². The van der Waals surface area contributed by atoms with E-state index in [1.807, 2.05) is 25.1 Å². The molecule has 0 aliphatic heterocycles. The van der Waals surface area contributed by atoms with Crippen molar-refractivity contribution in [2.75, 3.05) is 13.7 Å². The maximum atomic E-state index is 12.4. The molecule has 0 bridgehead atoms. The average molecular weight is 341 g/mol. The molecular weight excluding hydrogens is 322 g/mol. The Labute approximate surface area is 144 Å². The molecule has 0 unspecified atom stereocenters. The van der Waals surface area contributed by atoms with Crippen LogP contribution in [-0.2, 0) is 6.54 Å². The molecule has 1 aromatic carbocycles. The molecule has 0 aliphatic carbocycles. The number of aryl methyl sites for hydroxylation is 2. The zero-order valence-electron chi connectivity index (χ0n) is 14.1. The minimum Gasteiger partial charge on any atom is -0.496 e. The fourth-order valence-corrected chi connectivity index (χ4v) is 2.51. The largest absolute Gasteiger partial charge is 0.496 e. The Morgan fingerprint density at radius 2 is 2.28 bits per heavy atom. The summed E-state index contributed by atoms with van der Waals surface area (Å²) >= 11 is 0. The minimum atomic E-state index is -0.268. The van der Waals surface area contributed by atoms with Gasteiger partial charge in [-0.05, 0) is 37.1 Å². The number of oxazole rings is 1. The second-order valence-corrected chi connectivity index (χ2v) is 5.48.